The van der Waals surface area contributed by atoms with Crippen molar-refractivity contribution < 1.29 is 4.74 Å². The Kier molecular flexibility index (Phi) is 4.34. The van der Waals surface area contributed by atoms with E-state index >= 15 is 0 Å². The summed E-state index contributed by atoms with van der Waals surface area (Å²) in [5, 5.41) is 13.6. The Morgan fingerprint density at radius 3 is 2.96 bits per heavy atom. The van der Waals surface area contributed by atoms with Gasteiger partial charge in [-0.3, -0.25) is 0 Å². The standard InChI is InChI=1S/C19H26N6O/c1-2-15(26-9-1)11-20-10-13-3-5-14(6-4-13)17-18-16-7-8-21-19(16)22-12-25(18)24-23-17/h7-8,12-15,20-21H,1-6,9-11H2/t13?,14?,15-/m1/s1. The Morgan fingerprint density at radius 1 is 1.19 bits per heavy atom. The molecule has 4 heterocycles. The zero-order valence-electron chi connectivity index (χ0n) is 15.0. The van der Waals surface area contributed by atoms with E-state index in [0.29, 0.717) is 12.0 Å². The van der Waals surface area contributed by atoms with Crippen molar-refractivity contribution in [1.82, 2.24) is 30.1 Å². The topological polar surface area (TPSA) is 80.1 Å². The molecule has 1 atom stereocenters. The quantitative estimate of drug-likeness (QED) is 0.736. The van der Waals surface area contributed by atoms with Gasteiger partial charge < -0.3 is 15.0 Å². The Morgan fingerprint density at radius 2 is 2.12 bits per heavy atom. The van der Waals surface area contributed by atoms with Gasteiger partial charge in [0.05, 0.1) is 11.8 Å². The summed E-state index contributed by atoms with van der Waals surface area (Å²) in [6.07, 6.45) is 11.4. The number of aromatic nitrogens is 5. The Bertz CT molecular complexity index is 873. The highest BCUT2D eigenvalue weighted by atomic mass is 16.5. The minimum absolute atomic E-state index is 0.437. The molecule has 0 amide bonds. The first-order valence-corrected chi connectivity index (χ1v) is 9.88. The highest BCUT2D eigenvalue weighted by Crippen LogP contribution is 2.37. The molecule has 3 aromatic rings. The molecule has 1 saturated heterocycles. The molecule has 0 radical (unpaired) electrons. The summed E-state index contributed by atoms with van der Waals surface area (Å²) >= 11 is 0. The lowest BCUT2D eigenvalue weighted by Crippen LogP contribution is -2.32. The van der Waals surface area contributed by atoms with Crippen molar-refractivity contribution in [2.24, 2.45) is 5.92 Å². The number of H-pyrrole nitrogens is 1. The van der Waals surface area contributed by atoms with Crippen molar-refractivity contribution in [3.8, 4) is 0 Å². The fraction of sp³-hybridized carbons (Fsp3) is 0.632. The van der Waals surface area contributed by atoms with E-state index in [1.807, 2.05) is 10.7 Å². The molecule has 1 saturated carbocycles. The highest BCUT2D eigenvalue weighted by Gasteiger charge is 2.27. The fourth-order valence-corrected chi connectivity index (χ4v) is 4.59. The lowest BCUT2D eigenvalue weighted by Gasteiger charge is -2.28. The summed E-state index contributed by atoms with van der Waals surface area (Å²) in [4.78, 5) is 7.58. The third kappa shape index (κ3) is 2.99. The molecule has 0 spiro atoms. The summed E-state index contributed by atoms with van der Waals surface area (Å²) in [5.74, 6) is 1.27. The maximum Gasteiger partial charge on any atom is 0.141 e. The van der Waals surface area contributed by atoms with Crippen LogP contribution in [0.15, 0.2) is 18.6 Å². The number of nitrogens with zero attached hydrogens (tertiary/aromatic N) is 4. The van der Waals surface area contributed by atoms with Gasteiger partial charge in [0, 0.05) is 30.7 Å². The molecule has 2 aliphatic rings. The number of hydrogen-bond donors (Lipinski definition) is 2. The van der Waals surface area contributed by atoms with Crippen molar-refractivity contribution in [2.45, 2.75) is 50.5 Å². The van der Waals surface area contributed by atoms with E-state index in [-0.39, 0.29) is 0 Å². The maximum atomic E-state index is 5.69. The molecule has 7 nitrogen and oxygen atoms in total. The van der Waals surface area contributed by atoms with Gasteiger partial charge in [-0.2, -0.15) is 0 Å². The van der Waals surface area contributed by atoms with Crippen LogP contribution in [0.25, 0.3) is 16.6 Å². The van der Waals surface area contributed by atoms with Crippen LogP contribution in [0.1, 0.15) is 50.1 Å². The summed E-state index contributed by atoms with van der Waals surface area (Å²) in [5.41, 5.74) is 3.17. The summed E-state index contributed by atoms with van der Waals surface area (Å²) in [6, 6.07) is 2.07. The molecule has 3 aromatic heterocycles. The first-order chi connectivity index (χ1) is 12.9. The van der Waals surface area contributed by atoms with E-state index in [1.54, 1.807) is 6.33 Å². The zero-order chi connectivity index (χ0) is 17.3. The lowest BCUT2D eigenvalue weighted by atomic mass is 9.80. The van der Waals surface area contributed by atoms with Crippen LogP contribution in [0.4, 0.5) is 0 Å². The largest absolute Gasteiger partial charge is 0.377 e. The number of nitrogens with one attached hydrogen (secondary N) is 2. The first kappa shape index (κ1) is 16.2. The molecule has 0 bridgehead atoms. The van der Waals surface area contributed by atoms with Gasteiger partial charge in [-0.15, -0.1) is 5.10 Å². The molecule has 5 rings (SSSR count). The molecular weight excluding hydrogens is 328 g/mol. The van der Waals surface area contributed by atoms with Gasteiger partial charge in [-0.05, 0) is 57.1 Å². The summed E-state index contributed by atoms with van der Waals surface area (Å²) in [7, 11) is 0. The van der Waals surface area contributed by atoms with Gasteiger partial charge in [0.1, 0.15) is 17.5 Å². The van der Waals surface area contributed by atoms with Crippen LogP contribution < -0.4 is 5.32 Å². The van der Waals surface area contributed by atoms with E-state index in [9.17, 15) is 0 Å². The number of ether oxygens (including phenoxy) is 1. The Labute approximate surface area is 152 Å². The van der Waals surface area contributed by atoms with Gasteiger partial charge in [0.25, 0.3) is 0 Å². The van der Waals surface area contributed by atoms with Crippen LogP contribution in [0.2, 0.25) is 0 Å². The molecule has 2 N–H and O–H groups in total. The smallest absolute Gasteiger partial charge is 0.141 e. The molecule has 26 heavy (non-hydrogen) atoms. The van der Waals surface area contributed by atoms with Gasteiger partial charge in [-0.25, -0.2) is 9.50 Å². The van der Waals surface area contributed by atoms with Crippen LogP contribution >= 0.6 is 0 Å². The lowest BCUT2D eigenvalue weighted by molar-refractivity contribution is 0.108. The second-order valence-electron chi connectivity index (χ2n) is 7.76. The predicted molar refractivity (Wildman–Crippen MR) is 99.2 cm³/mol. The summed E-state index contributed by atoms with van der Waals surface area (Å²) in [6.45, 7) is 3.06. The summed E-state index contributed by atoms with van der Waals surface area (Å²) < 4.78 is 7.51. The van der Waals surface area contributed by atoms with Crippen molar-refractivity contribution in [3.05, 3.63) is 24.3 Å². The molecule has 2 fully saturated rings. The van der Waals surface area contributed by atoms with Crippen molar-refractivity contribution in [3.63, 3.8) is 0 Å². The molecule has 0 aromatic carbocycles. The van der Waals surface area contributed by atoms with E-state index < -0.39 is 0 Å². The van der Waals surface area contributed by atoms with Crippen LogP contribution in [0.3, 0.4) is 0 Å². The van der Waals surface area contributed by atoms with E-state index in [0.717, 1.165) is 47.9 Å². The monoisotopic (exact) mass is 354 g/mol. The van der Waals surface area contributed by atoms with Crippen LogP contribution in [0.5, 0.6) is 0 Å². The number of rotatable bonds is 5. The number of fused-ring (bicyclic) bond motifs is 3. The third-order valence-electron chi connectivity index (χ3n) is 6.06. The minimum Gasteiger partial charge on any atom is -0.377 e. The molecule has 1 aliphatic heterocycles. The van der Waals surface area contributed by atoms with E-state index in [2.05, 4.69) is 31.7 Å². The van der Waals surface area contributed by atoms with Crippen molar-refractivity contribution in [2.75, 3.05) is 19.7 Å². The van der Waals surface area contributed by atoms with E-state index in [4.69, 9.17) is 4.74 Å². The minimum atomic E-state index is 0.437. The average molecular weight is 354 g/mol. The Hall–Kier alpha value is -1.99. The SMILES string of the molecule is c1cc2c(ncn3nnc(C4CCC(CNC[C@H]5CCCO5)CC4)c23)[nH]1. The molecule has 138 valence electrons. The molecular formula is C19H26N6O. The van der Waals surface area contributed by atoms with Crippen LogP contribution in [-0.4, -0.2) is 50.6 Å². The zero-order valence-corrected chi connectivity index (χ0v) is 15.0. The number of aromatic amines is 1. The second-order valence-corrected chi connectivity index (χ2v) is 7.76. The predicted octanol–water partition coefficient (Wildman–Crippen LogP) is 2.65. The fourth-order valence-electron chi connectivity index (χ4n) is 4.59. The van der Waals surface area contributed by atoms with Gasteiger partial charge >= 0.3 is 0 Å². The Balaban J connectivity index is 1.23. The van der Waals surface area contributed by atoms with Crippen LogP contribution in [-0.2, 0) is 4.74 Å². The average Bonchev–Trinajstić information content (AvgIpc) is 3.41. The van der Waals surface area contributed by atoms with Gasteiger partial charge in [0.15, 0.2) is 0 Å². The van der Waals surface area contributed by atoms with Crippen molar-refractivity contribution >= 4 is 16.6 Å². The highest BCUT2D eigenvalue weighted by molar-refractivity contribution is 5.92. The normalized spacial score (nSPS) is 26.8. The number of hydrogen-bond acceptors (Lipinski definition) is 5. The van der Waals surface area contributed by atoms with E-state index in [1.165, 1.54) is 38.5 Å². The maximum absolute atomic E-state index is 5.69. The third-order valence-corrected chi connectivity index (χ3v) is 6.06. The molecule has 0 unspecified atom stereocenters. The van der Waals surface area contributed by atoms with Crippen molar-refractivity contribution in [1.29, 1.82) is 0 Å². The second kappa shape index (κ2) is 6.96. The van der Waals surface area contributed by atoms with Gasteiger partial charge in [-0.1, -0.05) is 5.21 Å². The molecule has 7 heteroatoms. The van der Waals surface area contributed by atoms with Crippen LogP contribution in [0, 0.1) is 5.92 Å². The molecule has 1 aliphatic carbocycles. The van der Waals surface area contributed by atoms with Gasteiger partial charge in [0.2, 0.25) is 0 Å². The first-order valence-electron chi connectivity index (χ1n) is 9.88.